The highest BCUT2D eigenvalue weighted by atomic mass is 16.6. The minimum absolute atomic E-state index is 0.0266. The number of methoxy groups -OCH3 is 1. The van der Waals surface area contributed by atoms with Crippen molar-refractivity contribution in [3.05, 3.63) is 65.2 Å². The van der Waals surface area contributed by atoms with Crippen molar-refractivity contribution >= 4 is 6.09 Å². The average molecular weight is 392 g/mol. The van der Waals surface area contributed by atoms with Crippen molar-refractivity contribution in [1.29, 1.82) is 0 Å². The van der Waals surface area contributed by atoms with Gasteiger partial charge in [-0.3, -0.25) is 9.80 Å². The van der Waals surface area contributed by atoms with Crippen LogP contribution >= 0.6 is 0 Å². The van der Waals surface area contributed by atoms with Gasteiger partial charge in [0, 0.05) is 13.1 Å². The second-order valence-electron chi connectivity index (χ2n) is 8.38. The first-order valence-corrected chi connectivity index (χ1v) is 10.6. The molecule has 2 aromatic rings. The lowest BCUT2D eigenvalue weighted by molar-refractivity contribution is -0.0462. The highest BCUT2D eigenvalue weighted by molar-refractivity contribution is 5.70. The topological polar surface area (TPSA) is 42.0 Å². The number of amides is 1. The van der Waals surface area contributed by atoms with Gasteiger partial charge in [-0.25, -0.2) is 4.79 Å². The van der Waals surface area contributed by atoms with Crippen LogP contribution in [0.5, 0.6) is 5.75 Å². The van der Waals surface area contributed by atoms with Crippen LogP contribution in [0.1, 0.15) is 35.6 Å². The molecule has 0 spiro atoms. The predicted molar refractivity (Wildman–Crippen MR) is 111 cm³/mol. The van der Waals surface area contributed by atoms with Crippen LogP contribution < -0.4 is 4.74 Å². The molecule has 0 aliphatic carbocycles. The summed E-state index contributed by atoms with van der Waals surface area (Å²) in [6.07, 6.45) is 2.99. The van der Waals surface area contributed by atoms with Crippen molar-refractivity contribution in [3.63, 3.8) is 0 Å². The van der Waals surface area contributed by atoms with Gasteiger partial charge in [0.25, 0.3) is 0 Å². The van der Waals surface area contributed by atoms with Crippen LogP contribution in [-0.4, -0.2) is 55.3 Å². The maximum Gasteiger partial charge on any atom is 0.410 e. The van der Waals surface area contributed by atoms with E-state index in [0.29, 0.717) is 12.5 Å². The number of piperidine rings is 3. The monoisotopic (exact) mass is 392 g/mol. The molecule has 4 heterocycles. The highest BCUT2D eigenvalue weighted by Gasteiger charge is 2.39. The number of benzene rings is 2. The Balaban J connectivity index is 1.43. The van der Waals surface area contributed by atoms with Gasteiger partial charge in [-0.15, -0.1) is 0 Å². The zero-order chi connectivity index (χ0) is 19.8. The number of fused-ring (bicyclic) bond motifs is 4. The van der Waals surface area contributed by atoms with E-state index in [-0.39, 0.29) is 18.2 Å². The van der Waals surface area contributed by atoms with E-state index < -0.39 is 0 Å². The lowest BCUT2D eigenvalue weighted by atomic mass is 9.86. The number of carbonyl (C=O) groups is 1. The Morgan fingerprint density at radius 3 is 2.45 bits per heavy atom. The van der Waals surface area contributed by atoms with Crippen LogP contribution in [0, 0.1) is 5.92 Å². The van der Waals surface area contributed by atoms with Crippen LogP contribution in [-0.2, 0) is 11.2 Å². The minimum atomic E-state index is -0.181. The molecule has 29 heavy (non-hydrogen) atoms. The van der Waals surface area contributed by atoms with Crippen LogP contribution in [0.25, 0.3) is 0 Å². The Bertz CT molecular complexity index is 874. The fourth-order valence-electron chi connectivity index (χ4n) is 5.15. The smallest absolute Gasteiger partial charge is 0.410 e. The summed E-state index contributed by atoms with van der Waals surface area (Å²) in [4.78, 5) is 17.7. The molecule has 5 heteroatoms. The number of rotatable bonds is 3. The molecule has 3 saturated heterocycles. The van der Waals surface area contributed by atoms with Gasteiger partial charge in [0.2, 0.25) is 0 Å². The number of nitrogens with zero attached hydrogens (tertiary/aromatic N) is 2. The van der Waals surface area contributed by atoms with Gasteiger partial charge in [0.05, 0.1) is 13.2 Å². The minimum Gasteiger partial charge on any atom is -0.497 e. The number of carbonyl (C=O) groups excluding carboxylic acids is 1. The summed E-state index contributed by atoms with van der Waals surface area (Å²) in [6.45, 7) is 3.84. The van der Waals surface area contributed by atoms with E-state index in [2.05, 4.69) is 41.3 Å². The molecule has 4 aliphatic heterocycles. The van der Waals surface area contributed by atoms with E-state index in [4.69, 9.17) is 9.47 Å². The largest absolute Gasteiger partial charge is 0.497 e. The molecular weight excluding hydrogens is 364 g/mol. The maximum absolute atomic E-state index is 13.3. The van der Waals surface area contributed by atoms with E-state index in [1.807, 2.05) is 17.0 Å². The molecule has 3 fully saturated rings. The van der Waals surface area contributed by atoms with E-state index in [1.165, 1.54) is 11.1 Å². The normalized spacial score (nSPS) is 28.0. The summed E-state index contributed by atoms with van der Waals surface area (Å²) in [6, 6.07) is 16.3. The van der Waals surface area contributed by atoms with E-state index in [9.17, 15) is 4.79 Å². The molecule has 2 aromatic carbocycles. The lowest BCUT2D eigenvalue weighted by Gasteiger charge is -2.45. The van der Waals surface area contributed by atoms with Gasteiger partial charge in [0.15, 0.2) is 0 Å². The van der Waals surface area contributed by atoms with E-state index in [1.54, 1.807) is 7.11 Å². The van der Waals surface area contributed by atoms with Gasteiger partial charge in [0.1, 0.15) is 11.9 Å². The summed E-state index contributed by atoms with van der Waals surface area (Å²) in [5.74, 6) is 1.33. The van der Waals surface area contributed by atoms with Crippen molar-refractivity contribution in [1.82, 2.24) is 9.80 Å². The predicted octanol–water partition coefficient (Wildman–Crippen LogP) is 3.87. The first-order chi connectivity index (χ1) is 14.2. The van der Waals surface area contributed by atoms with Crippen LogP contribution in [0.2, 0.25) is 0 Å². The average Bonchev–Trinajstić information content (AvgIpc) is 2.79. The van der Waals surface area contributed by atoms with Crippen molar-refractivity contribution in [2.75, 3.05) is 33.3 Å². The molecule has 0 saturated carbocycles. The van der Waals surface area contributed by atoms with Crippen molar-refractivity contribution in [2.45, 2.75) is 31.4 Å². The first-order valence-electron chi connectivity index (χ1n) is 10.6. The van der Waals surface area contributed by atoms with Crippen LogP contribution in [0.4, 0.5) is 4.79 Å². The lowest BCUT2D eigenvalue weighted by Crippen LogP contribution is -2.53. The van der Waals surface area contributed by atoms with Gasteiger partial charge < -0.3 is 9.47 Å². The first kappa shape index (κ1) is 18.5. The molecule has 0 N–H and O–H groups in total. The third-order valence-corrected chi connectivity index (χ3v) is 6.80. The second-order valence-corrected chi connectivity index (χ2v) is 8.38. The molecular formula is C24H28N2O3. The summed E-state index contributed by atoms with van der Waals surface area (Å²) in [5.41, 5.74) is 3.58. The van der Waals surface area contributed by atoms with Gasteiger partial charge >= 0.3 is 6.09 Å². The van der Waals surface area contributed by atoms with E-state index >= 15 is 0 Å². The second kappa shape index (κ2) is 7.71. The summed E-state index contributed by atoms with van der Waals surface area (Å²) >= 11 is 0. The third kappa shape index (κ3) is 3.48. The Kier molecular flexibility index (Phi) is 4.92. The molecule has 152 valence electrons. The Labute approximate surface area is 172 Å². The number of ether oxygens (including phenoxy) is 2. The molecule has 2 atom stereocenters. The standard InChI is InChI=1S/C24H28N2O3/c1-28-20-8-6-19(7-9-20)23-21-5-3-2-4-17(21)12-15-26(23)24(27)29-22-16-25-13-10-18(22)11-14-25/h2-9,18,22-23H,10-16H2,1H3/t22-,23+/m1/s1. The summed E-state index contributed by atoms with van der Waals surface area (Å²) in [5, 5.41) is 0. The van der Waals surface area contributed by atoms with E-state index in [0.717, 1.165) is 50.2 Å². The summed E-state index contributed by atoms with van der Waals surface area (Å²) < 4.78 is 11.4. The Morgan fingerprint density at radius 2 is 1.76 bits per heavy atom. The van der Waals surface area contributed by atoms with Gasteiger partial charge in [-0.1, -0.05) is 36.4 Å². The Hall–Kier alpha value is -2.53. The molecule has 6 rings (SSSR count). The highest BCUT2D eigenvalue weighted by Crippen LogP contribution is 2.37. The zero-order valence-corrected chi connectivity index (χ0v) is 16.9. The molecule has 1 amide bonds. The quantitative estimate of drug-likeness (QED) is 0.795. The van der Waals surface area contributed by atoms with Gasteiger partial charge in [-0.05, 0) is 67.1 Å². The van der Waals surface area contributed by atoms with Crippen molar-refractivity contribution in [3.8, 4) is 5.75 Å². The number of hydrogen-bond acceptors (Lipinski definition) is 4. The maximum atomic E-state index is 13.3. The fraction of sp³-hybridized carbons (Fsp3) is 0.458. The van der Waals surface area contributed by atoms with Crippen molar-refractivity contribution in [2.24, 2.45) is 5.92 Å². The molecule has 4 aliphatic rings. The molecule has 2 bridgehead atoms. The number of hydrogen-bond donors (Lipinski definition) is 0. The zero-order valence-electron chi connectivity index (χ0n) is 16.9. The molecule has 0 aromatic heterocycles. The molecule has 0 radical (unpaired) electrons. The van der Waals surface area contributed by atoms with Gasteiger partial charge in [-0.2, -0.15) is 0 Å². The van der Waals surface area contributed by atoms with Crippen LogP contribution in [0.15, 0.2) is 48.5 Å². The fourth-order valence-corrected chi connectivity index (χ4v) is 5.15. The third-order valence-electron chi connectivity index (χ3n) is 6.80. The summed E-state index contributed by atoms with van der Waals surface area (Å²) in [7, 11) is 1.67. The van der Waals surface area contributed by atoms with Crippen molar-refractivity contribution < 1.29 is 14.3 Å². The Morgan fingerprint density at radius 1 is 1.00 bits per heavy atom. The molecule has 5 nitrogen and oxygen atoms in total. The SMILES string of the molecule is COc1ccc([C@H]2c3ccccc3CCN2C(=O)O[C@@H]2CN3CCC2CC3)cc1. The molecule has 0 unspecified atom stereocenters. The van der Waals surface area contributed by atoms with Crippen LogP contribution in [0.3, 0.4) is 0 Å².